The van der Waals surface area contributed by atoms with Crippen LogP contribution in [0.2, 0.25) is 0 Å². The number of rotatable bonds is 10. The summed E-state index contributed by atoms with van der Waals surface area (Å²) >= 11 is 1.13. The van der Waals surface area contributed by atoms with Crippen molar-refractivity contribution in [2.24, 2.45) is 5.92 Å². The summed E-state index contributed by atoms with van der Waals surface area (Å²) in [5.41, 5.74) is 6.25. The van der Waals surface area contributed by atoms with Gasteiger partial charge in [-0.15, -0.1) is 11.3 Å². The summed E-state index contributed by atoms with van der Waals surface area (Å²) in [5.74, 6) is -0.374. The topological polar surface area (TPSA) is 96.8 Å². The van der Waals surface area contributed by atoms with Crippen LogP contribution in [0.5, 0.6) is 5.75 Å². The van der Waals surface area contributed by atoms with Gasteiger partial charge in [0.2, 0.25) is 4.34 Å². The molecule has 2 aromatic carbocycles. The summed E-state index contributed by atoms with van der Waals surface area (Å²) < 4.78 is 35.4. The molecule has 38 heavy (non-hydrogen) atoms. The van der Waals surface area contributed by atoms with Crippen molar-refractivity contribution >= 4 is 68.7 Å². The molecule has 4 rings (SSSR count). The number of carboxylic acids is 1. The molecule has 0 atom stereocenters. The predicted molar refractivity (Wildman–Crippen MR) is 154 cm³/mol. The molecular formula is C28H33N2NaO5S2. The Morgan fingerprint density at radius 1 is 1.18 bits per heavy atom. The van der Waals surface area contributed by atoms with Crippen molar-refractivity contribution in [1.82, 2.24) is 4.98 Å². The van der Waals surface area contributed by atoms with Crippen LogP contribution in [-0.2, 0) is 34.3 Å². The number of fused-ring (bicyclic) bond motifs is 1. The first-order valence-corrected chi connectivity index (χ1v) is 14.6. The van der Waals surface area contributed by atoms with E-state index in [-0.39, 0.29) is 46.4 Å². The first kappa shape index (κ1) is 30.4. The zero-order valence-electron chi connectivity index (χ0n) is 21.5. The number of benzene rings is 2. The SMILES string of the molecule is Cc1csc(S(=O)(=O)N(CC(C)C)c2cc3c(cc2OCc2ccc(/C=C/C(=O)O)cc2C)CCC3)n1.[NaH]. The van der Waals surface area contributed by atoms with Crippen LogP contribution in [-0.4, -0.2) is 60.6 Å². The van der Waals surface area contributed by atoms with Crippen molar-refractivity contribution in [2.45, 2.75) is 57.9 Å². The quantitative estimate of drug-likeness (QED) is 0.271. The molecule has 10 heteroatoms. The van der Waals surface area contributed by atoms with Crippen molar-refractivity contribution in [3.05, 3.63) is 75.3 Å². The fourth-order valence-corrected chi connectivity index (χ4v) is 7.17. The number of nitrogens with zero attached hydrogens (tertiary/aromatic N) is 2. The third-order valence-corrected chi connectivity index (χ3v) is 9.38. The maximum absolute atomic E-state index is 13.8. The van der Waals surface area contributed by atoms with Gasteiger partial charge in [-0.25, -0.2) is 9.78 Å². The van der Waals surface area contributed by atoms with Crippen LogP contribution in [0.1, 0.15) is 53.8 Å². The number of sulfonamides is 1. The standard InChI is InChI=1S/C28H32N2O5S2.Na.H/c1-18(2)15-30(37(33,34)28-29-20(4)17-36-28)25-13-22-6-5-7-23(22)14-26(25)35-16-24-10-8-21(12-19(24)3)9-11-27(31)32;;/h8-14,17-18H,5-7,15-16H2,1-4H3,(H,31,32);;/b11-9+;;. The van der Waals surface area contributed by atoms with E-state index in [0.29, 0.717) is 23.7 Å². The molecule has 0 unspecified atom stereocenters. The summed E-state index contributed by atoms with van der Waals surface area (Å²) in [6.45, 7) is 8.28. The number of aryl methyl sites for hydroxylation is 4. The van der Waals surface area contributed by atoms with Gasteiger partial charge in [0.05, 0.1) is 5.69 Å². The van der Waals surface area contributed by atoms with Gasteiger partial charge in [-0.1, -0.05) is 32.0 Å². The molecule has 0 amide bonds. The molecule has 0 fully saturated rings. The Kier molecular flexibility index (Phi) is 10.2. The molecule has 198 valence electrons. The number of carboxylic acid groups (broad SMARTS) is 1. The monoisotopic (exact) mass is 564 g/mol. The van der Waals surface area contributed by atoms with Gasteiger partial charge in [-0.2, -0.15) is 8.42 Å². The number of aromatic nitrogens is 1. The van der Waals surface area contributed by atoms with Gasteiger partial charge in [-0.05, 0) is 85.1 Å². The Balaban J connectivity index is 0.00000400. The zero-order chi connectivity index (χ0) is 26.7. The Bertz CT molecular complexity index is 1450. The number of hydrogen-bond donors (Lipinski definition) is 1. The molecule has 0 spiro atoms. The van der Waals surface area contributed by atoms with Gasteiger partial charge in [0, 0.05) is 23.7 Å². The molecule has 0 saturated heterocycles. The van der Waals surface area contributed by atoms with E-state index in [1.807, 2.05) is 51.1 Å². The maximum atomic E-state index is 13.8. The van der Waals surface area contributed by atoms with Gasteiger partial charge in [-0.3, -0.25) is 4.31 Å². The first-order valence-electron chi connectivity index (χ1n) is 12.3. The fraction of sp³-hybridized carbons (Fsp3) is 0.357. The summed E-state index contributed by atoms with van der Waals surface area (Å²) in [7, 11) is -3.87. The Morgan fingerprint density at radius 2 is 1.89 bits per heavy atom. The number of carbonyl (C=O) groups is 1. The molecule has 1 aliphatic carbocycles. The third-order valence-electron chi connectivity index (χ3n) is 6.25. The molecule has 0 saturated carbocycles. The number of anilines is 1. The molecule has 1 heterocycles. The van der Waals surface area contributed by atoms with E-state index in [1.54, 1.807) is 18.4 Å². The Hall–Kier alpha value is -2.17. The van der Waals surface area contributed by atoms with Crippen molar-refractivity contribution < 1.29 is 23.1 Å². The van der Waals surface area contributed by atoms with E-state index in [4.69, 9.17) is 9.84 Å². The second-order valence-corrected chi connectivity index (χ2v) is 12.7. The van der Waals surface area contributed by atoms with Gasteiger partial charge in [0.1, 0.15) is 12.4 Å². The van der Waals surface area contributed by atoms with Crippen molar-refractivity contribution in [2.75, 3.05) is 10.8 Å². The number of ether oxygens (including phenoxy) is 1. The van der Waals surface area contributed by atoms with E-state index >= 15 is 0 Å². The molecule has 1 N–H and O–H groups in total. The van der Waals surface area contributed by atoms with Crippen LogP contribution in [0.4, 0.5) is 5.69 Å². The molecule has 7 nitrogen and oxygen atoms in total. The second kappa shape index (κ2) is 12.8. The predicted octanol–water partition coefficient (Wildman–Crippen LogP) is 5.13. The van der Waals surface area contributed by atoms with Crippen LogP contribution in [0.3, 0.4) is 0 Å². The number of aliphatic carboxylic acids is 1. The van der Waals surface area contributed by atoms with Crippen LogP contribution in [0.15, 0.2) is 46.1 Å². The van der Waals surface area contributed by atoms with Gasteiger partial charge in [0.25, 0.3) is 10.0 Å². The number of hydrogen-bond acceptors (Lipinski definition) is 6. The average molecular weight is 565 g/mol. The Morgan fingerprint density at radius 3 is 2.50 bits per heavy atom. The zero-order valence-corrected chi connectivity index (χ0v) is 23.2. The summed E-state index contributed by atoms with van der Waals surface area (Å²) in [6.07, 6.45) is 5.55. The molecule has 1 aliphatic rings. The Labute approximate surface area is 250 Å². The van der Waals surface area contributed by atoms with Gasteiger partial charge < -0.3 is 9.84 Å². The van der Waals surface area contributed by atoms with Crippen LogP contribution in [0.25, 0.3) is 6.08 Å². The average Bonchev–Trinajstić information content (AvgIpc) is 3.48. The number of thiazole rings is 1. The normalized spacial score (nSPS) is 13.0. The fourth-order valence-electron chi connectivity index (χ4n) is 4.41. The first-order chi connectivity index (χ1) is 17.5. The second-order valence-electron chi connectivity index (χ2n) is 9.77. The third kappa shape index (κ3) is 7.07. The molecule has 0 aliphatic heterocycles. The summed E-state index contributed by atoms with van der Waals surface area (Å²) in [5, 5.41) is 10.6. The summed E-state index contributed by atoms with van der Waals surface area (Å²) in [4.78, 5) is 15.1. The minimum absolute atomic E-state index is 0. The molecule has 0 bridgehead atoms. The van der Waals surface area contributed by atoms with E-state index in [0.717, 1.165) is 58.9 Å². The van der Waals surface area contributed by atoms with Gasteiger partial charge >= 0.3 is 35.5 Å². The van der Waals surface area contributed by atoms with Crippen molar-refractivity contribution in [3.8, 4) is 5.75 Å². The van der Waals surface area contributed by atoms with E-state index in [1.165, 1.54) is 9.87 Å². The van der Waals surface area contributed by atoms with E-state index in [9.17, 15) is 13.2 Å². The van der Waals surface area contributed by atoms with Crippen LogP contribution < -0.4 is 9.04 Å². The molecule has 0 radical (unpaired) electrons. The molecule has 1 aromatic heterocycles. The summed E-state index contributed by atoms with van der Waals surface area (Å²) in [6, 6.07) is 9.62. The van der Waals surface area contributed by atoms with Crippen LogP contribution in [0, 0.1) is 19.8 Å². The van der Waals surface area contributed by atoms with E-state index in [2.05, 4.69) is 4.98 Å². The molecule has 3 aromatic rings. The molecular weight excluding hydrogens is 531 g/mol. The minimum atomic E-state index is -3.87. The van der Waals surface area contributed by atoms with E-state index < -0.39 is 16.0 Å². The van der Waals surface area contributed by atoms with Gasteiger partial charge in [0.15, 0.2) is 0 Å². The van der Waals surface area contributed by atoms with Crippen LogP contribution >= 0.6 is 11.3 Å². The van der Waals surface area contributed by atoms with Crippen molar-refractivity contribution in [3.63, 3.8) is 0 Å². The van der Waals surface area contributed by atoms with Crippen molar-refractivity contribution in [1.29, 1.82) is 0 Å².